The number of hydrogen-bond acceptors (Lipinski definition) is 5. The van der Waals surface area contributed by atoms with Crippen molar-refractivity contribution in [2.24, 2.45) is 0 Å². The average Bonchev–Trinajstić information content (AvgIpc) is 3.35. The van der Waals surface area contributed by atoms with Gasteiger partial charge in [0, 0.05) is 25.7 Å². The number of hydrogen-bond donors (Lipinski definition) is 1. The molecule has 1 saturated heterocycles. The Kier molecular flexibility index (Phi) is 4.70. The lowest BCUT2D eigenvalue weighted by Crippen LogP contribution is -2.37. The van der Waals surface area contributed by atoms with Gasteiger partial charge in [0.25, 0.3) is 5.91 Å². The minimum atomic E-state index is -0.147. The quantitative estimate of drug-likeness (QED) is 0.759. The molecular weight excluding hydrogens is 328 g/mol. The maximum absolute atomic E-state index is 12.6. The first kappa shape index (κ1) is 16.4. The van der Waals surface area contributed by atoms with Crippen molar-refractivity contribution < 1.29 is 4.79 Å². The Labute approximate surface area is 151 Å². The zero-order valence-electron chi connectivity index (χ0n) is 14.3. The van der Waals surface area contributed by atoms with Crippen molar-refractivity contribution in [1.82, 2.24) is 30.0 Å². The second kappa shape index (κ2) is 7.45. The van der Waals surface area contributed by atoms with E-state index < -0.39 is 0 Å². The van der Waals surface area contributed by atoms with Crippen molar-refractivity contribution in [3.63, 3.8) is 0 Å². The van der Waals surface area contributed by atoms with Crippen LogP contribution in [0, 0.1) is 0 Å². The lowest BCUT2D eigenvalue weighted by molar-refractivity contribution is 0.0932. The highest BCUT2D eigenvalue weighted by molar-refractivity contribution is 5.92. The number of benzene rings is 1. The fraction of sp³-hybridized carbons (Fsp3) is 0.263. The van der Waals surface area contributed by atoms with Crippen molar-refractivity contribution in [3.05, 3.63) is 72.4 Å². The van der Waals surface area contributed by atoms with Crippen LogP contribution in [0.25, 0.3) is 5.82 Å². The zero-order chi connectivity index (χ0) is 17.8. The van der Waals surface area contributed by atoms with Gasteiger partial charge < -0.3 is 5.32 Å². The summed E-state index contributed by atoms with van der Waals surface area (Å²) in [6.07, 6.45) is 4.06. The highest BCUT2D eigenvalue weighted by Gasteiger charge is 2.24. The van der Waals surface area contributed by atoms with Crippen molar-refractivity contribution in [2.45, 2.75) is 19.0 Å². The number of carbonyl (C=O) groups is 1. The first-order valence-electron chi connectivity index (χ1n) is 8.67. The number of nitrogens with one attached hydrogen (secondary N) is 1. The van der Waals surface area contributed by atoms with Gasteiger partial charge in [-0.2, -0.15) is 0 Å². The minimum absolute atomic E-state index is 0.145. The Bertz CT molecular complexity index is 865. The highest BCUT2D eigenvalue weighted by atomic mass is 16.2. The Morgan fingerprint density at radius 2 is 1.88 bits per heavy atom. The van der Waals surface area contributed by atoms with Crippen molar-refractivity contribution in [2.75, 3.05) is 13.1 Å². The molecule has 132 valence electrons. The normalized spacial score (nSPS) is 17.3. The van der Waals surface area contributed by atoms with E-state index >= 15 is 0 Å². The van der Waals surface area contributed by atoms with Crippen LogP contribution in [0.15, 0.2) is 61.2 Å². The van der Waals surface area contributed by atoms with E-state index in [1.165, 1.54) is 5.56 Å². The molecule has 7 heteroatoms. The number of aromatic nitrogens is 4. The number of carbonyl (C=O) groups excluding carboxylic acids is 1. The van der Waals surface area contributed by atoms with Gasteiger partial charge in [-0.05, 0) is 24.1 Å². The average molecular weight is 348 g/mol. The SMILES string of the molecule is O=C(N[C@H]1CCN(Cc2ccccc2)C1)c1cccc(-n2cnnc2)n1. The summed E-state index contributed by atoms with van der Waals surface area (Å²) in [5.41, 5.74) is 1.69. The molecule has 1 aliphatic rings. The van der Waals surface area contributed by atoms with Crippen LogP contribution in [-0.2, 0) is 6.54 Å². The molecule has 1 fully saturated rings. The van der Waals surface area contributed by atoms with E-state index in [0.717, 1.165) is 26.1 Å². The lowest BCUT2D eigenvalue weighted by Gasteiger charge is -2.16. The van der Waals surface area contributed by atoms with Gasteiger partial charge in [0.2, 0.25) is 0 Å². The monoisotopic (exact) mass is 348 g/mol. The first-order chi connectivity index (χ1) is 12.8. The van der Waals surface area contributed by atoms with Crippen LogP contribution in [0.3, 0.4) is 0 Å². The molecule has 3 heterocycles. The number of amides is 1. The van der Waals surface area contributed by atoms with Gasteiger partial charge in [-0.15, -0.1) is 10.2 Å². The maximum Gasteiger partial charge on any atom is 0.270 e. The molecule has 7 nitrogen and oxygen atoms in total. The molecule has 0 saturated carbocycles. The topological polar surface area (TPSA) is 75.9 Å². The van der Waals surface area contributed by atoms with E-state index in [-0.39, 0.29) is 11.9 Å². The third-order valence-electron chi connectivity index (χ3n) is 4.51. The Hall–Kier alpha value is -3.06. The molecule has 0 unspecified atom stereocenters. The van der Waals surface area contributed by atoms with Gasteiger partial charge in [0.15, 0.2) is 0 Å². The molecule has 1 atom stereocenters. The van der Waals surface area contributed by atoms with E-state index in [2.05, 4.69) is 49.7 Å². The molecule has 1 N–H and O–H groups in total. The summed E-state index contributed by atoms with van der Waals surface area (Å²) in [5.74, 6) is 0.478. The van der Waals surface area contributed by atoms with Crippen molar-refractivity contribution >= 4 is 5.91 Å². The second-order valence-electron chi connectivity index (χ2n) is 6.43. The molecule has 0 aliphatic carbocycles. The molecular formula is C19H20N6O. The molecule has 2 aromatic heterocycles. The van der Waals surface area contributed by atoms with E-state index in [4.69, 9.17) is 0 Å². The van der Waals surface area contributed by atoms with Gasteiger partial charge in [-0.3, -0.25) is 14.3 Å². The van der Waals surface area contributed by atoms with Crippen molar-refractivity contribution in [1.29, 1.82) is 0 Å². The lowest BCUT2D eigenvalue weighted by atomic mass is 10.2. The summed E-state index contributed by atoms with van der Waals surface area (Å²) < 4.78 is 1.67. The summed E-state index contributed by atoms with van der Waals surface area (Å²) in [6.45, 7) is 2.74. The Morgan fingerprint density at radius 1 is 1.08 bits per heavy atom. The molecule has 0 spiro atoms. The van der Waals surface area contributed by atoms with E-state index in [1.807, 2.05) is 18.2 Å². The van der Waals surface area contributed by atoms with Gasteiger partial charge in [0.05, 0.1) is 0 Å². The van der Waals surface area contributed by atoms with Crippen LogP contribution in [-0.4, -0.2) is 49.7 Å². The third kappa shape index (κ3) is 3.78. The van der Waals surface area contributed by atoms with Gasteiger partial charge >= 0.3 is 0 Å². The Morgan fingerprint density at radius 3 is 2.69 bits per heavy atom. The molecule has 1 aromatic carbocycles. The van der Waals surface area contributed by atoms with Crippen LogP contribution in [0.2, 0.25) is 0 Å². The summed E-state index contributed by atoms with van der Waals surface area (Å²) in [6, 6.07) is 15.9. The molecule has 1 aliphatic heterocycles. The molecule has 0 radical (unpaired) electrons. The molecule has 4 rings (SSSR count). The highest BCUT2D eigenvalue weighted by Crippen LogP contribution is 2.14. The number of pyridine rings is 1. The van der Waals surface area contributed by atoms with Crippen LogP contribution >= 0.6 is 0 Å². The van der Waals surface area contributed by atoms with Crippen LogP contribution < -0.4 is 5.32 Å². The van der Waals surface area contributed by atoms with Crippen LogP contribution in [0.1, 0.15) is 22.5 Å². The van der Waals surface area contributed by atoms with Gasteiger partial charge in [-0.1, -0.05) is 36.4 Å². The zero-order valence-corrected chi connectivity index (χ0v) is 14.3. The smallest absolute Gasteiger partial charge is 0.270 e. The maximum atomic E-state index is 12.6. The molecule has 26 heavy (non-hydrogen) atoms. The largest absolute Gasteiger partial charge is 0.347 e. The molecule has 0 bridgehead atoms. The third-order valence-corrected chi connectivity index (χ3v) is 4.51. The number of rotatable bonds is 5. The van der Waals surface area contributed by atoms with E-state index in [0.29, 0.717) is 11.5 Å². The van der Waals surface area contributed by atoms with Gasteiger partial charge in [0.1, 0.15) is 24.2 Å². The minimum Gasteiger partial charge on any atom is -0.347 e. The predicted molar refractivity (Wildman–Crippen MR) is 96.7 cm³/mol. The fourth-order valence-electron chi connectivity index (χ4n) is 3.21. The summed E-state index contributed by atoms with van der Waals surface area (Å²) in [4.78, 5) is 19.3. The number of nitrogens with zero attached hydrogens (tertiary/aromatic N) is 5. The standard InChI is InChI=1S/C19H20N6O/c26-19(17-7-4-8-18(23-17)25-13-20-21-14-25)22-16-9-10-24(12-16)11-15-5-2-1-3-6-15/h1-8,13-14,16H,9-12H2,(H,22,26)/t16-/m0/s1. The summed E-state index contributed by atoms with van der Waals surface area (Å²) in [5, 5.41) is 10.6. The Balaban J connectivity index is 1.36. The second-order valence-corrected chi connectivity index (χ2v) is 6.43. The van der Waals surface area contributed by atoms with Crippen molar-refractivity contribution in [3.8, 4) is 5.82 Å². The van der Waals surface area contributed by atoms with Gasteiger partial charge in [-0.25, -0.2) is 4.98 Å². The van der Waals surface area contributed by atoms with Crippen LogP contribution in [0.5, 0.6) is 0 Å². The van der Waals surface area contributed by atoms with Crippen LogP contribution in [0.4, 0.5) is 0 Å². The first-order valence-corrected chi connectivity index (χ1v) is 8.67. The van der Waals surface area contributed by atoms with E-state index in [9.17, 15) is 4.79 Å². The fourth-order valence-corrected chi connectivity index (χ4v) is 3.21. The number of likely N-dealkylation sites (tertiary alicyclic amines) is 1. The summed E-state index contributed by atoms with van der Waals surface area (Å²) in [7, 11) is 0. The summed E-state index contributed by atoms with van der Waals surface area (Å²) >= 11 is 0. The predicted octanol–water partition coefficient (Wildman–Crippen LogP) is 1.67. The van der Waals surface area contributed by atoms with E-state index in [1.54, 1.807) is 23.3 Å². The molecule has 1 amide bonds. The molecule has 3 aromatic rings.